The Morgan fingerprint density at radius 1 is 1.28 bits per heavy atom. The summed E-state index contributed by atoms with van der Waals surface area (Å²) in [4.78, 5) is 2.46. The van der Waals surface area contributed by atoms with Crippen LogP contribution < -0.4 is 0 Å². The van der Waals surface area contributed by atoms with Crippen LogP contribution in [0.2, 0.25) is 0 Å². The number of allylic oxidation sites excluding steroid dienone is 1. The van der Waals surface area contributed by atoms with Gasteiger partial charge >= 0.3 is 0 Å². The summed E-state index contributed by atoms with van der Waals surface area (Å²) in [6.07, 6.45) is 7.98. The van der Waals surface area contributed by atoms with Crippen molar-refractivity contribution in [1.29, 1.82) is 0 Å². The second-order valence-corrected chi connectivity index (χ2v) is 7.23. The highest BCUT2D eigenvalue weighted by Gasteiger charge is 2.30. The van der Waals surface area contributed by atoms with Gasteiger partial charge in [0.2, 0.25) is 0 Å². The summed E-state index contributed by atoms with van der Waals surface area (Å²) in [5, 5.41) is 10.3. The third-order valence-corrected chi connectivity index (χ3v) is 5.10. The molecule has 2 aromatic rings. The van der Waals surface area contributed by atoms with Crippen LogP contribution in [0.15, 0.2) is 55.3 Å². The second-order valence-electron chi connectivity index (χ2n) is 7.23. The molecule has 1 fully saturated rings. The topological polar surface area (TPSA) is 28.4 Å². The minimum Gasteiger partial charge on any atom is -0.392 e. The van der Waals surface area contributed by atoms with Crippen LogP contribution in [-0.4, -0.2) is 33.3 Å². The first-order valence-electron chi connectivity index (χ1n) is 9.39. The Morgan fingerprint density at radius 3 is 2.80 bits per heavy atom. The van der Waals surface area contributed by atoms with Crippen LogP contribution in [0.3, 0.4) is 0 Å². The van der Waals surface area contributed by atoms with Crippen molar-refractivity contribution in [2.45, 2.75) is 57.8 Å². The van der Waals surface area contributed by atoms with Gasteiger partial charge in [0.1, 0.15) is 0 Å². The maximum atomic E-state index is 10.3. The maximum absolute atomic E-state index is 10.3. The van der Waals surface area contributed by atoms with Crippen LogP contribution in [0.4, 0.5) is 0 Å². The maximum Gasteiger partial charge on any atom is 0.0670 e. The molecule has 0 unspecified atom stereocenters. The number of hydrogen-bond donors (Lipinski definition) is 1. The zero-order valence-electron chi connectivity index (χ0n) is 15.3. The lowest BCUT2D eigenvalue weighted by molar-refractivity contribution is 0.0967. The normalized spacial score (nSPS) is 15.5. The van der Waals surface area contributed by atoms with Crippen molar-refractivity contribution in [3.63, 3.8) is 0 Å². The zero-order chi connectivity index (χ0) is 17.6. The standard InChI is InChI=1S/C22H30N2O/c1-3-4-11-22(25)17-24(20-12-13-20)16-21-10-7-14-23(21)15-19-9-6-5-8-18(19)2/h3,5-10,14,20,22,25H,1,4,11-13,15-17H2,2H3/t22-/m1/s1. The number of aryl methyl sites for hydroxylation is 1. The minimum atomic E-state index is -0.265. The summed E-state index contributed by atoms with van der Waals surface area (Å²) < 4.78 is 2.34. The van der Waals surface area contributed by atoms with E-state index < -0.39 is 0 Å². The molecule has 3 heteroatoms. The summed E-state index contributed by atoms with van der Waals surface area (Å²) >= 11 is 0. The number of aromatic nitrogens is 1. The largest absolute Gasteiger partial charge is 0.392 e. The van der Waals surface area contributed by atoms with E-state index in [1.54, 1.807) is 0 Å². The van der Waals surface area contributed by atoms with Crippen molar-refractivity contribution in [3.05, 3.63) is 72.1 Å². The fourth-order valence-electron chi connectivity index (χ4n) is 3.38. The molecule has 0 radical (unpaired) electrons. The molecule has 0 amide bonds. The Hall–Kier alpha value is -1.84. The average Bonchev–Trinajstić information content (AvgIpc) is 3.37. The van der Waals surface area contributed by atoms with Gasteiger partial charge in [-0.2, -0.15) is 0 Å². The first-order chi connectivity index (χ1) is 12.2. The molecule has 0 aliphatic heterocycles. The first kappa shape index (κ1) is 18.0. The Morgan fingerprint density at radius 2 is 2.08 bits per heavy atom. The molecule has 1 heterocycles. The minimum absolute atomic E-state index is 0.265. The van der Waals surface area contributed by atoms with Crippen LogP contribution >= 0.6 is 0 Å². The van der Waals surface area contributed by atoms with E-state index in [4.69, 9.17) is 0 Å². The van der Waals surface area contributed by atoms with Crippen molar-refractivity contribution >= 4 is 0 Å². The smallest absolute Gasteiger partial charge is 0.0670 e. The van der Waals surface area contributed by atoms with Gasteiger partial charge in [-0.3, -0.25) is 4.90 Å². The Kier molecular flexibility index (Phi) is 6.11. The second kappa shape index (κ2) is 8.50. The molecule has 1 atom stereocenters. The highest BCUT2D eigenvalue weighted by atomic mass is 16.3. The van der Waals surface area contributed by atoms with E-state index >= 15 is 0 Å². The first-order valence-corrected chi connectivity index (χ1v) is 9.39. The molecule has 0 spiro atoms. The van der Waals surface area contributed by atoms with Gasteiger partial charge < -0.3 is 9.67 Å². The van der Waals surface area contributed by atoms with Crippen LogP contribution in [0.5, 0.6) is 0 Å². The van der Waals surface area contributed by atoms with Crippen LogP contribution in [0.1, 0.15) is 42.5 Å². The van der Waals surface area contributed by atoms with Gasteiger partial charge in [0.15, 0.2) is 0 Å². The van der Waals surface area contributed by atoms with Gasteiger partial charge in [0.05, 0.1) is 6.10 Å². The Balaban J connectivity index is 1.66. The summed E-state index contributed by atoms with van der Waals surface area (Å²) in [5.74, 6) is 0. The molecule has 3 nitrogen and oxygen atoms in total. The summed E-state index contributed by atoms with van der Waals surface area (Å²) in [5.41, 5.74) is 4.02. The number of hydrogen-bond acceptors (Lipinski definition) is 2. The van der Waals surface area contributed by atoms with E-state index in [1.165, 1.54) is 29.7 Å². The van der Waals surface area contributed by atoms with Crippen molar-refractivity contribution in [1.82, 2.24) is 9.47 Å². The van der Waals surface area contributed by atoms with Gasteiger partial charge in [-0.25, -0.2) is 0 Å². The quantitative estimate of drug-likeness (QED) is 0.660. The van der Waals surface area contributed by atoms with Crippen molar-refractivity contribution in [2.24, 2.45) is 0 Å². The molecule has 134 valence electrons. The van der Waals surface area contributed by atoms with Gasteiger partial charge in [-0.1, -0.05) is 30.3 Å². The molecule has 1 saturated carbocycles. The van der Waals surface area contributed by atoms with Crippen molar-refractivity contribution in [2.75, 3.05) is 6.54 Å². The fraction of sp³-hybridized carbons (Fsp3) is 0.455. The molecule has 0 saturated heterocycles. The molecule has 1 aromatic heterocycles. The van der Waals surface area contributed by atoms with Gasteiger partial charge in [-0.05, 0) is 55.9 Å². The molecule has 1 N–H and O–H groups in total. The summed E-state index contributed by atoms with van der Waals surface area (Å²) in [7, 11) is 0. The van der Waals surface area contributed by atoms with E-state index in [1.807, 2.05) is 6.08 Å². The zero-order valence-corrected chi connectivity index (χ0v) is 15.3. The molecule has 1 aromatic carbocycles. The Bertz CT molecular complexity index is 687. The number of benzene rings is 1. The molecule has 1 aliphatic carbocycles. The predicted octanol–water partition coefficient (Wildman–Crippen LogP) is 4.14. The summed E-state index contributed by atoms with van der Waals surface area (Å²) in [6.45, 7) is 8.50. The van der Waals surface area contributed by atoms with Crippen molar-refractivity contribution in [3.8, 4) is 0 Å². The molecule has 1 aliphatic rings. The van der Waals surface area contributed by atoms with Gasteiger partial charge in [0.25, 0.3) is 0 Å². The van der Waals surface area contributed by atoms with Crippen LogP contribution in [0, 0.1) is 6.92 Å². The van der Waals surface area contributed by atoms with E-state index in [2.05, 4.69) is 65.6 Å². The third kappa shape index (κ3) is 5.07. The molecular formula is C22H30N2O. The lowest BCUT2D eigenvalue weighted by Crippen LogP contribution is -2.34. The molecule has 0 bridgehead atoms. The van der Waals surface area contributed by atoms with E-state index in [-0.39, 0.29) is 6.10 Å². The number of aliphatic hydroxyl groups excluding tert-OH is 1. The lowest BCUT2D eigenvalue weighted by Gasteiger charge is -2.25. The average molecular weight is 338 g/mol. The van der Waals surface area contributed by atoms with Crippen LogP contribution in [0.25, 0.3) is 0 Å². The predicted molar refractivity (Wildman–Crippen MR) is 104 cm³/mol. The fourth-order valence-corrected chi connectivity index (χ4v) is 3.38. The summed E-state index contributed by atoms with van der Waals surface area (Å²) in [6, 6.07) is 13.6. The van der Waals surface area contributed by atoms with Crippen molar-refractivity contribution < 1.29 is 5.11 Å². The van der Waals surface area contributed by atoms with Gasteiger partial charge in [-0.15, -0.1) is 6.58 Å². The molecule has 25 heavy (non-hydrogen) atoms. The van der Waals surface area contributed by atoms with E-state index in [0.29, 0.717) is 6.04 Å². The molecule has 3 rings (SSSR count). The lowest BCUT2D eigenvalue weighted by atomic mass is 10.1. The number of nitrogens with zero attached hydrogens (tertiary/aromatic N) is 2. The Labute approximate surface area is 151 Å². The third-order valence-electron chi connectivity index (χ3n) is 5.10. The monoisotopic (exact) mass is 338 g/mol. The molecular weight excluding hydrogens is 308 g/mol. The number of rotatable bonds is 10. The van der Waals surface area contributed by atoms with E-state index in [0.717, 1.165) is 32.5 Å². The SMILES string of the molecule is C=CCC[C@@H](O)CN(Cc1cccn1Cc1ccccc1C)C1CC1. The van der Waals surface area contributed by atoms with Crippen LogP contribution in [-0.2, 0) is 13.1 Å². The number of aliphatic hydroxyl groups is 1. The van der Waals surface area contributed by atoms with Gasteiger partial charge in [0, 0.05) is 37.6 Å². The highest BCUT2D eigenvalue weighted by molar-refractivity contribution is 5.26. The van der Waals surface area contributed by atoms with E-state index in [9.17, 15) is 5.11 Å². The highest BCUT2D eigenvalue weighted by Crippen LogP contribution is 2.29.